The lowest BCUT2D eigenvalue weighted by molar-refractivity contribution is 1.46. The minimum Gasteiger partial charge on any atom is -0.195 e. The van der Waals surface area contributed by atoms with Crippen LogP contribution in [0.1, 0.15) is 22.3 Å². The van der Waals surface area contributed by atoms with Gasteiger partial charge < -0.3 is 0 Å². The summed E-state index contributed by atoms with van der Waals surface area (Å²) < 4.78 is 0. The molecule has 0 fully saturated rings. The molecule has 0 saturated carbocycles. The lowest BCUT2D eigenvalue weighted by atomic mass is 9.13. The van der Waals surface area contributed by atoms with E-state index < -0.39 is 13.4 Å². The van der Waals surface area contributed by atoms with Gasteiger partial charge in [-0.05, 0) is 76.2 Å². The minimum atomic E-state index is -1.91. The topological polar surface area (TPSA) is 0 Å². The maximum atomic E-state index is 2.37. The van der Waals surface area contributed by atoms with E-state index in [-0.39, 0.29) is 0 Å². The van der Waals surface area contributed by atoms with E-state index in [1.807, 2.05) is 0 Å². The van der Waals surface area contributed by atoms with Gasteiger partial charge in [0.1, 0.15) is 34.6 Å². The predicted octanol–water partition coefficient (Wildman–Crippen LogP) is 8.60. The summed E-state index contributed by atoms with van der Waals surface area (Å²) in [7, 11) is -1.91. The predicted molar refractivity (Wildman–Crippen MR) is 240 cm³/mol. The van der Waals surface area contributed by atoms with Crippen molar-refractivity contribution in [2.75, 3.05) is 0 Å². The molecule has 8 aromatic carbocycles. The first-order valence-corrected chi connectivity index (χ1v) is 20.8. The van der Waals surface area contributed by atoms with Crippen LogP contribution in [0.15, 0.2) is 218 Å². The van der Waals surface area contributed by atoms with Crippen LogP contribution in [0.2, 0.25) is 0 Å². The Bertz CT molecular complexity index is 2070. The highest BCUT2D eigenvalue weighted by Gasteiger charge is 2.47. The molecule has 0 unspecified atom stereocenters. The van der Waals surface area contributed by atoms with E-state index in [9.17, 15) is 0 Å². The second-order valence-corrected chi connectivity index (χ2v) is 17.9. The maximum Gasteiger partial charge on any atom is 0.144 e. The summed E-state index contributed by atoms with van der Waals surface area (Å²) in [6, 6.07) is 80.1. The SMILES string of the molecule is Cc1cccc([B-](c2cccc(C)c2)(c2cccc(C)c2)c2cccc(C)c2)c1.c1ccc([P+](c2ccccc2)(c2ccccc2)c2ccccc2)cc1. The van der Waals surface area contributed by atoms with Gasteiger partial charge in [0.05, 0.1) is 0 Å². The molecule has 8 rings (SSSR count). The van der Waals surface area contributed by atoms with Crippen molar-refractivity contribution in [3.63, 3.8) is 0 Å². The van der Waals surface area contributed by atoms with E-state index in [1.165, 1.54) is 65.3 Å². The summed E-state index contributed by atoms with van der Waals surface area (Å²) >= 11 is 0. The van der Waals surface area contributed by atoms with Gasteiger partial charge in [0.25, 0.3) is 0 Å². The second-order valence-electron chi connectivity index (χ2n) is 14.5. The van der Waals surface area contributed by atoms with E-state index in [0.29, 0.717) is 0 Å². The van der Waals surface area contributed by atoms with E-state index in [0.717, 1.165) is 0 Å². The number of aryl methyl sites for hydroxylation is 4. The molecule has 0 heterocycles. The summed E-state index contributed by atoms with van der Waals surface area (Å²) in [5, 5.41) is 5.55. The van der Waals surface area contributed by atoms with Gasteiger partial charge in [-0.15, -0.1) is 0 Å². The minimum absolute atomic E-state index is 1.29. The Kier molecular flexibility index (Phi) is 11.2. The van der Waals surface area contributed by atoms with Gasteiger partial charge in [-0.1, -0.05) is 192 Å². The quantitative estimate of drug-likeness (QED) is 0.109. The molecule has 0 saturated heterocycles. The molecule has 0 spiro atoms. The maximum absolute atomic E-state index is 2.37. The van der Waals surface area contributed by atoms with Crippen LogP contribution in [0, 0.1) is 27.7 Å². The molecule has 0 bridgehead atoms. The van der Waals surface area contributed by atoms with Crippen LogP contribution in [0.25, 0.3) is 0 Å². The molecule has 0 aliphatic carbocycles. The molecule has 0 nitrogen and oxygen atoms in total. The summed E-state index contributed by atoms with van der Waals surface area (Å²) in [5.74, 6) is 0. The molecule has 264 valence electrons. The molecular formula is C52H48BP. The van der Waals surface area contributed by atoms with Gasteiger partial charge in [0, 0.05) is 0 Å². The Labute approximate surface area is 323 Å². The number of rotatable bonds is 8. The zero-order valence-electron chi connectivity index (χ0n) is 31.8. The Morgan fingerprint density at radius 3 is 0.685 bits per heavy atom. The van der Waals surface area contributed by atoms with Gasteiger partial charge in [-0.2, -0.15) is 21.9 Å². The number of benzene rings is 8. The summed E-state index contributed by atoms with van der Waals surface area (Å²) in [6.45, 7) is 8.75. The van der Waals surface area contributed by atoms with Gasteiger partial charge >= 0.3 is 0 Å². The molecule has 8 aromatic rings. The van der Waals surface area contributed by atoms with Gasteiger partial charge in [0.2, 0.25) is 0 Å². The molecule has 54 heavy (non-hydrogen) atoms. The summed E-state index contributed by atoms with van der Waals surface area (Å²) in [4.78, 5) is 0. The number of hydrogen-bond acceptors (Lipinski definition) is 0. The van der Waals surface area contributed by atoms with Crippen LogP contribution in [0.3, 0.4) is 0 Å². The first-order chi connectivity index (χ1) is 26.4. The lowest BCUT2D eigenvalue weighted by Gasteiger charge is -2.45. The van der Waals surface area contributed by atoms with Crippen molar-refractivity contribution >= 4 is 56.5 Å². The van der Waals surface area contributed by atoms with Crippen molar-refractivity contribution in [2.45, 2.75) is 27.7 Å². The third-order valence-corrected chi connectivity index (χ3v) is 15.0. The molecule has 0 amide bonds. The van der Waals surface area contributed by atoms with Crippen molar-refractivity contribution in [1.82, 2.24) is 0 Å². The van der Waals surface area contributed by atoms with Gasteiger partial charge in [0.15, 0.2) is 0 Å². The van der Waals surface area contributed by atoms with Crippen molar-refractivity contribution in [1.29, 1.82) is 0 Å². The Balaban J connectivity index is 0.000000168. The Hall–Kier alpha value is -5.75. The second kappa shape index (κ2) is 16.5. The first-order valence-electron chi connectivity index (χ1n) is 19.0. The fourth-order valence-corrected chi connectivity index (χ4v) is 12.7. The third-order valence-electron chi connectivity index (χ3n) is 10.7. The fraction of sp³-hybridized carbons (Fsp3) is 0.0769. The Morgan fingerprint density at radius 2 is 0.481 bits per heavy atom. The summed E-state index contributed by atoms with van der Waals surface area (Å²) in [5.41, 5.74) is 10.6. The zero-order chi connectivity index (χ0) is 37.4. The van der Waals surface area contributed by atoms with Crippen LogP contribution in [-0.4, -0.2) is 6.15 Å². The van der Waals surface area contributed by atoms with Crippen molar-refractivity contribution < 1.29 is 0 Å². The van der Waals surface area contributed by atoms with Gasteiger partial charge in [-0.25, -0.2) is 0 Å². The molecule has 0 aromatic heterocycles. The average Bonchev–Trinajstić information content (AvgIpc) is 3.21. The fourth-order valence-electron chi connectivity index (χ4n) is 8.41. The first kappa shape index (κ1) is 36.6. The smallest absolute Gasteiger partial charge is 0.144 e. The molecule has 0 aliphatic heterocycles. The number of hydrogen-bond donors (Lipinski definition) is 0. The van der Waals surface area contributed by atoms with E-state index in [2.05, 4.69) is 246 Å². The Morgan fingerprint density at radius 1 is 0.259 bits per heavy atom. The van der Waals surface area contributed by atoms with Crippen LogP contribution < -0.4 is 43.1 Å². The van der Waals surface area contributed by atoms with E-state index in [4.69, 9.17) is 0 Å². The van der Waals surface area contributed by atoms with Crippen molar-refractivity contribution in [3.8, 4) is 0 Å². The highest BCUT2D eigenvalue weighted by Crippen LogP contribution is 2.54. The molecule has 2 heteroatoms. The molecular weight excluding hydrogens is 666 g/mol. The molecule has 0 atom stereocenters. The van der Waals surface area contributed by atoms with Crippen molar-refractivity contribution in [2.24, 2.45) is 0 Å². The lowest BCUT2D eigenvalue weighted by Crippen LogP contribution is -2.75. The monoisotopic (exact) mass is 714 g/mol. The van der Waals surface area contributed by atoms with E-state index in [1.54, 1.807) is 0 Å². The molecule has 0 radical (unpaired) electrons. The van der Waals surface area contributed by atoms with Gasteiger partial charge in [-0.3, -0.25) is 0 Å². The van der Waals surface area contributed by atoms with Crippen LogP contribution >= 0.6 is 7.26 Å². The third kappa shape index (κ3) is 7.26. The van der Waals surface area contributed by atoms with Crippen molar-refractivity contribution in [3.05, 3.63) is 241 Å². The highest BCUT2D eigenvalue weighted by atomic mass is 31.2. The largest absolute Gasteiger partial charge is 0.195 e. The standard InChI is InChI=1S/C28H28B.C24H20P/c1-21-9-5-13-25(17-21)29(26-14-6-10-22(2)18-26,27-15-7-11-23(3)19-27)28-16-8-12-24(4)20-28;1-5-13-21(14-6-1)25(22-15-7-2-8-16-22,23-17-9-3-10-18-23)24-19-11-4-12-20-24/h5-20H,1-4H3;1-20H/q-1;+1. The van der Waals surface area contributed by atoms with Crippen LogP contribution in [0.4, 0.5) is 0 Å². The van der Waals surface area contributed by atoms with Crippen LogP contribution in [-0.2, 0) is 0 Å². The zero-order valence-corrected chi connectivity index (χ0v) is 32.7. The highest BCUT2D eigenvalue weighted by molar-refractivity contribution is 8.01. The average molecular weight is 715 g/mol. The normalized spacial score (nSPS) is 11.3. The molecule has 0 N–H and O–H groups in total. The summed E-state index contributed by atoms with van der Waals surface area (Å²) in [6.07, 6.45) is -1.29. The van der Waals surface area contributed by atoms with Crippen LogP contribution in [0.5, 0.6) is 0 Å². The molecule has 0 aliphatic rings. The van der Waals surface area contributed by atoms with E-state index >= 15 is 0 Å².